The molecule has 0 saturated heterocycles. The van der Waals surface area contributed by atoms with E-state index in [0.29, 0.717) is 0 Å². The minimum atomic E-state index is -1.07. The summed E-state index contributed by atoms with van der Waals surface area (Å²) in [5, 5.41) is 37.2. The van der Waals surface area contributed by atoms with Gasteiger partial charge in [-0.15, -0.1) is 0 Å². The van der Waals surface area contributed by atoms with Gasteiger partial charge in [0, 0.05) is 6.54 Å². The summed E-state index contributed by atoms with van der Waals surface area (Å²) in [5.41, 5.74) is 5.24. The van der Waals surface area contributed by atoms with Crippen molar-refractivity contribution in [2.24, 2.45) is 5.73 Å². The highest BCUT2D eigenvalue weighted by Gasteiger charge is 2.13. The molecule has 0 aliphatic rings. The van der Waals surface area contributed by atoms with Crippen molar-refractivity contribution in [2.75, 3.05) is 19.8 Å². The molecule has 0 amide bonds. The normalized spacial score (nSPS) is 18.8. The van der Waals surface area contributed by atoms with Gasteiger partial charge >= 0.3 is 0 Å². The summed E-state index contributed by atoms with van der Waals surface area (Å²) in [4.78, 5) is 0. The molecule has 0 fully saturated rings. The molecular formula is C6H16N2O4. The van der Waals surface area contributed by atoms with Crippen molar-refractivity contribution in [3.05, 3.63) is 0 Å². The van der Waals surface area contributed by atoms with Gasteiger partial charge in [-0.3, -0.25) is 5.32 Å². The Bertz CT molecular complexity index is 114. The molecule has 0 bridgehead atoms. The molecule has 74 valence electrons. The molecule has 0 saturated carbocycles. The SMILES string of the molecule is NC(CO)C(O)NCC(O)CO. The van der Waals surface area contributed by atoms with Crippen LogP contribution in [0.4, 0.5) is 0 Å². The van der Waals surface area contributed by atoms with E-state index >= 15 is 0 Å². The maximum absolute atomic E-state index is 9.07. The monoisotopic (exact) mass is 180 g/mol. The third-order valence-electron chi connectivity index (χ3n) is 1.39. The highest BCUT2D eigenvalue weighted by atomic mass is 16.3. The van der Waals surface area contributed by atoms with E-state index in [2.05, 4.69) is 5.32 Å². The summed E-state index contributed by atoms with van der Waals surface area (Å²) in [7, 11) is 0. The topological polar surface area (TPSA) is 119 Å². The minimum absolute atomic E-state index is 0.0331. The fourth-order valence-corrected chi connectivity index (χ4v) is 0.573. The van der Waals surface area contributed by atoms with E-state index < -0.39 is 18.4 Å². The number of hydrogen-bond donors (Lipinski definition) is 6. The summed E-state index contributed by atoms with van der Waals surface area (Å²) in [6.07, 6.45) is -2.00. The van der Waals surface area contributed by atoms with Crippen LogP contribution in [0.25, 0.3) is 0 Å². The molecule has 3 unspecified atom stereocenters. The van der Waals surface area contributed by atoms with Crippen molar-refractivity contribution < 1.29 is 20.4 Å². The molecule has 0 heterocycles. The Morgan fingerprint density at radius 2 is 1.75 bits per heavy atom. The van der Waals surface area contributed by atoms with E-state index in [4.69, 9.17) is 26.2 Å². The second-order valence-corrected chi connectivity index (χ2v) is 2.54. The maximum atomic E-state index is 9.07. The van der Waals surface area contributed by atoms with Crippen LogP contribution in [0.3, 0.4) is 0 Å². The lowest BCUT2D eigenvalue weighted by Crippen LogP contribution is -2.49. The molecule has 0 radical (unpaired) electrons. The Morgan fingerprint density at radius 3 is 2.17 bits per heavy atom. The Morgan fingerprint density at radius 1 is 1.17 bits per heavy atom. The van der Waals surface area contributed by atoms with Gasteiger partial charge in [0.05, 0.1) is 25.4 Å². The van der Waals surface area contributed by atoms with E-state index in [1.807, 2.05) is 0 Å². The van der Waals surface area contributed by atoms with Gasteiger partial charge in [-0.05, 0) is 0 Å². The quantitative estimate of drug-likeness (QED) is 0.237. The molecule has 6 heteroatoms. The third kappa shape index (κ3) is 4.60. The Kier molecular flexibility index (Phi) is 6.17. The van der Waals surface area contributed by atoms with Crippen molar-refractivity contribution >= 4 is 0 Å². The van der Waals surface area contributed by atoms with Crippen LogP contribution in [-0.4, -0.2) is 58.6 Å². The second-order valence-electron chi connectivity index (χ2n) is 2.54. The second kappa shape index (κ2) is 6.30. The molecule has 0 aliphatic carbocycles. The number of rotatable bonds is 6. The molecule has 0 aromatic rings. The van der Waals surface area contributed by atoms with Crippen molar-refractivity contribution in [1.29, 1.82) is 0 Å². The lowest BCUT2D eigenvalue weighted by atomic mass is 10.3. The van der Waals surface area contributed by atoms with E-state index in [1.165, 1.54) is 0 Å². The van der Waals surface area contributed by atoms with Crippen LogP contribution >= 0.6 is 0 Å². The average molecular weight is 180 g/mol. The first-order chi connectivity index (χ1) is 5.61. The first kappa shape index (κ1) is 11.8. The number of nitrogens with one attached hydrogen (secondary N) is 1. The number of nitrogens with two attached hydrogens (primary N) is 1. The van der Waals surface area contributed by atoms with E-state index in [9.17, 15) is 0 Å². The Balaban J connectivity index is 3.49. The smallest absolute Gasteiger partial charge is 0.122 e. The van der Waals surface area contributed by atoms with Crippen LogP contribution in [0, 0.1) is 0 Å². The van der Waals surface area contributed by atoms with Gasteiger partial charge in [-0.1, -0.05) is 0 Å². The molecular weight excluding hydrogens is 164 g/mol. The van der Waals surface area contributed by atoms with Gasteiger partial charge in [-0.2, -0.15) is 0 Å². The van der Waals surface area contributed by atoms with Crippen molar-refractivity contribution in [2.45, 2.75) is 18.4 Å². The van der Waals surface area contributed by atoms with Crippen LogP contribution in [0.1, 0.15) is 0 Å². The number of aliphatic hydroxyl groups is 4. The molecule has 0 aromatic carbocycles. The fourth-order valence-electron chi connectivity index (χ4n) is 0.573. The number of hydrogen-bond acceptors (Lipinski definition) is 6. The summed E-state index contributed by atoms with van der Waals surface area (Å²) in [6.45, 7) is -0.692. The van der Waals surface area contributed by atoms with Crippen LogP contribution in [0.15, 0.2) is 0 Å². The van der Waals surface area contributed by atoms with Crippen LogP contribution in [0.5, 0.6) is 0 Å². The molecule has 6 nitrogen and oxygen atoms in total. The van der Waals surface area contributed by atoms with Crippen molar-refractivity contribution in [1.82, 2.24) is 5.32 Å². The Hall–Kier alpha value is -0.240. The molecule has 7 N–H and O–H groups in total. The molecule has 0 rings (SSSR count). The first-order valence-corrected chi connectivity index (χ1v) is 3.68. The van der Waals surface area contributed by atoms with Gasteiger partial charge in [-0.25, -0.2) is 0 Å². The van der Waals surface area contributed by atoms with Crippen molar-refractivity contribution in [3.63, 3.8) is 0 Å². The zero-order chi connectivity index (χ0) is 9.56. The zero-order valence-corrected chi connectivity index (χ0v) is 6.72. The first-order valence-electron chi connectivity index (χ1n) is 3.68. The van der Waals surface area contributed by atoms with Gasteiger partial charge in [0.25, 0.3) is 0 Å². The van der Waals surface area contributed by atoms with Gasteiger partial charge in [0.15, 0.2) is 0 Å². The fraction of sp³-hybridized carbons (Fsp3) is 1.00. The molecule has 0 spiro atoms. The molecule has 3 atom stereocenters. The summed E-state index contributed by atoms with van der Waals surface area (Å²) < 4.78 is 0. The van der Waals surface area contributed by atoms with Crippen molar-refractivity contribution in [3.8, 4) is 0 Å². The highest BCUT2D eigenvalue weighted by Crippen LogP contribution is 1.85. The highest BCUT2D eigenvalue weighted by molar-refractivity contribution is 4.69. The van der Waals surface area contributed by atoms with Gasteiger partial charge in [0.1, 0.15) is 6.23 Å². The predicted molar refractivity (Wildman–Crippen MR) is 42.2 cm³/mol. The van der Waals surface area contributed by atoms with Crippen LogP contribution < -0.4 is 11.1 Å². The van der Waals surface area contributed by atoms with Gasteiger partial charge in [0.2, 0.25) is 0 Å². The van der Waals surface area contributed by atoms with Crippen LogP contribution in [-0.2, 0) is 0 Å². The summed E-state index contributed by atoms with van der Waals surface area (Å²) in [6, 6.07) is -0.782. The largest absolute Gasteiger partial charge is 0.395 e. The number of aliphatic hydroxyl groups excluding tert-OH is 4. The summed E-state index contributed by atoms with van der Waals surface area (Å²) in [5.74, 6) is 0. The lowest BCUT2D eigenvalue weighted by molar-refractivity contribution is 0.0467. The third-order valence-corrected chi connectivity index (χ3v) is 1.39. The maximum Gasteiger partial charge on any atom is 0.122 e. The van der Waals surface area contributed by atoms with Crippen LogP contribution in [0.2, 0.25) is 0 Å². The standard InChI is InChI=1S/C6H16N2O4/c7-5(3-10)6(12)8-1-4(11)2-9/h4-6,8-12H,1-3,7H2. The zero-order valence-electron chi connectivity index (χ0n) is 6.72. The average Bonchev–Trinajstić information content (AvgIpc) is 2.11. The Labute approximate surface area is 70.6 Å². The molecule has 12 heavy (non-hydrogen) atoms. The van der Waals surface area contributed by atoms with E-state index in [1.54, 1.807) is 0 Å². The molecule has 0 aliphatic heterocycles. The molecule has 0 aromatic heterocycles. The van der Waals surface area contributed by atoms with E-state index in [0.717, 1.165) is 0 Å². The van der Waals surface area contributed by atoms with E-state index in [-0.39, 0.29) is 19.8 Å². The minimum Gasteiger partial charge on any atom is -0.395 e. The summed E-state index contributed by atoms with van der Waals surface area (Å²) >= 11 is 0. The predicted octanol–water partition coefficient (Wildman–Crippen LogP) is -3.43. The van der Waals surface area contributed by atoms with Gasteiger partial charge < -0.3 is 26.2 Å². The lowest BCUT2D eigenvalue weighted by Gasteiger charge is -2.19.